The highest BCUT2D eigenvalue weighted by atomic mass is 32.2. The molecule has 1 rings (SSSR count). The summed E-state index contributed by atoms with van der Waals surface area (Å²) in [7, 11) is -0.996. The maximum Gasteiger partial charge on any atom is 0.422 e. The lowest BCUT2D eigenvalue weighted by molar-refractivity contribution is -0.153. The maximum atomic E-state index is 12.1. The summed E-state index contributed by atoms with van der Waals surface area (Å²) in [5, 5.41) is 5.05. The second kappa shape index (κ2) is 8.02. The highest BCUT2D eigenvalue weighted by Gasteiger charge is 2.28. The zero-order chi connectivity index (χ0) is 16.8. The number of hydrogen-bond donors (Lipinski definition) is 2. The van der Waals surface area contributed by atoms with Gasteiger partial charge in [-0.3, -0.25) is 4.21 Å². The summed E-state index contributed by atoms with van der Waals surface area (Å²) in [6.45, 7) is 0.477. The Labute approximate surface area is 128 Å². The number of halogens is 3. The van der Waals surface area contributed by atoms with Crippen molar-refractivity contribution in [1.82, 2.24) is 5.32 Å². The molecule has 0 aliphatic heterocycles. The molecule has 0 aromatic heterocycles. The van der Waals surface area contributed by atoms with Crippen LogP contribution in [-0.2, 0) is 10.8 Å². The Balaban J connectivity index is 2.54. The van der Waals surface area contributed by atoms with E-state index in [2.05, 4.69) is 15.4 Å². The van der Waals surface area contributed by atoms with Crippen molar-refractivity contribution in [3.63, 3.8) is 0 Å². The van der Waals surface area contributed by atoms with Crippen LogP contribution in [0.25, 0.3) is 0 Å². The van der Waals surface area contributed by atoms with E-state index >= 15 is 0 Å². The lowest BCUT2D eigenvalue weighted by Gasteiger charge is -2.13. The van der Waals surface area contributed by atoms with Gasteiger partial charge in [0.1, 0.15) is 5.75 Å². The Morgan fingerprint density at radius 1 is 1.36 bits per heavy atom. The van der Waals surface area contributed by atoms with E-state index in [1.807, 2.05) is 0 Å². The average Bonchev–Trinajstić information content (AvgIpc) is 2.36. The van der Waals surface area contributed by atoms with Crippen LogP contribution in [0.3, 0.4) is 0 Å². The van der Waals surface area contributed by atoms with Crippen LogP contribution in [-0.4, -0.2) is 41.6 Å². The van der Waals surface area contributed by atoms with Gasteiger partial charge >= 0.3 is 12.2 Å². The van der Waals surface area contributed by atoms with Gasteiger partial charge in [-0.05, 0) is 30.7 Å². The molecular weight excluding hydrogens is 321 g/mol. The molecule has 1 aromatic carbocycles. The zero-order valence-electron chi connectivity index (χ0n) is 12.1. The number of alkyl halides is 3. The molecule has 0 saturated carbocycles. The predicted octanol–water partition coefficient (Wildman–Crippen LogP) is 2.44. The third-order valence-electron chi connectivity index (χ3n) is 2.50. The Hall–Kier alpha value is -1.77. The van der Waals surface area contributed by atoms with Crippen LogP contribution in [0.5, 0.6) is 5.75 Å². The first-order valence-corrected chi connectivity index (χ1v) is 8.05. The van der Waals surface area contributed by atoms with Crippen LogP contribution in [0, 0.1) is 6.92 Å². The van der Waals surface area contributed by atoms with E-state index in [-0.39, 0.29) is 12.3 Å². The van der Waals surface area contributed by atoms with Gasteiger partial charge in [0.05, 0.1) is 0 Å². The number of carbonyl (C=O) groups excluding carboxylic acids is 1. The second-order valence-corrected chi connectivity index (χ2v) is 6.10. The monoisotopic (exact) mass is 338 g/mol. The number of rotatable bonds is 6. The number of amides is 2. The van der Waals surface area contributed by atoms with Gasteiger partial charge in [-0.15, -0.1) is 0 Å². The fourth-order valence-corrected chi connectivity index (χ4v) is 1.92. The van der Waals surface area contributed by atoms with Crippen molar-refractivity contribution in [2.24, 2.45) is 0 Å². The van der Waals surface area contributed by atoms with Crippen LogP contribution in [0.1, 0.15) is 5.56 Å². The summed E-state index contributed by atoms with van der Waals surface area (Å²) < 4.78 is 51.8. The summed E-state index contributed by atoms with van der Waals surface area (Å²) in [6.07, 6.45) is -2.87. The number of aryl methyl sites for hydroxylation is 1. The van der Waals surface area contributed by atoms with E-state index in [4.69, 9.17) is 0 Å². The Morgan fingerprint density at radius 2 is 2.05 bits per heavy atom. The molecule has 0 fully saturated rings. The lowest BCUT2D eigenvalue weighted by Crippen LogP contribution is -2.31. The van der Waals surface area contributed by atoms with Gasteiger partial charge in [0, 0.05) is 35.0 Å². The smallest absolute Gasteiger partial charge is 0.422 e. The molecule has 0 aliphatic rings. The van der Waals surface area contributed by atoms with Crippen LogP contribution in [0.4, 0.5) is 23.7 Å². The zero-order valence-corrected chi connectivity index (χ0v) is 12.9. The molecule has 5 nitrogen and oxygen atoms in total. The van der Waals surface area contributed by atoms with E-state index in [0.717, 1.165) is 0 Å². The molecule has 1 aromatic rings. The van der Waals surface area contributed by atoms with Crippen LogP contribution >= 0.6 is 0 Å². The van der Waals surface area contributed by atoms with Crippen molar-refractivity contribution in [3.05, 3.63) is 23.8 Å². The third-order valence-corrected chi connectivity index (χ3v) is 3.28. The number of urea groups is 1. The highest BCUT2D eigenvalue weighted by molar-refractivity contribution is 7.84. The van der Waals surface area contributed by atoms with Crippen molar-refractivity contribution >= 4 is 22.5 Å². The Kier molecular flexibility index (Phi) is 6.66. The molecule has 0 bridgehead atoms. The summed E-state index contributed by atoms with van der Waals surface area (Å²) in [5.41, 5.74) is 0.892. The minimum Gasteiger partial charge on any atom is -0.484 e. The van der Waals surface area contributed by atoms with E-state index in [1.165, 1.54) is 24.5 Å². The van der Waals surface area contributed by atoms with Crippen LogP contribution < -0.4 is 15.4 Å². The van der Waals surface area contributed by atoms with Crippen LogP contribution in [0.2, 0.25) is 0 Å². The highest BCUT2D eigenvalue weighted by Crippen LogP contribution is 2.24. The molecule has 0 aliphatic carbocycles. The van der Waals surface area contributed by atoms with Crippen molar-refractivity contribution in [3.8, 4) is 5.75 Å². The molecule has 1 atom stereocenters. The van der Waals surface area contributed by atoms with Gasteiger partial charge in [-0.25, -0.2) is 4.79 Å². The number of hydrogen-bond acceptors (Lipinski definition) is 3. The molecule has 0 saturated heterocycles. The summed E-state index contributed by atoms with van der Waals surface area (Å²) in [6, 6.07) is 3.82. The summed E-state index contributed by atoms with van der Waals surface area (Å²) in [5.74, 6) is 0.445. The topological polar surface area (TPSA) is 67.4 Å². The second-order valence-electron chi connectivity index (χ2n) is 4.54. The van der Waals surface area contributed by atoms with Gasteiger partial charge in [-0.2, -0.15) is 13.2 Å². The standard InChI is InChI=1S/C13H17F3N2O3S/c1-9-7-10(18-12(19)17-5-6-22(2)20)3-4-11(9)21-8-13(14,15)16/h3-4,7H,5-6,8H2,1-2H3,(H2,17,18,19)/t22-/m0/s1. The molecule has 9 heteroatoms. The Bertz CT molecular complexity index is 550. The lowest BCUT2D eigenvalue weighted by atomic mass is 10.2. The van der Waals surface area contributed by atoms with Gasteiger partial charge < -0.3 is 15.4 Å². The summed E-state index contributed by atoms with van der Waals surface area (Å²) in [4.78, 5) is 11.5. The molecule has 2 N–H and O–H groups in total. The fraction of sp³-hybridized carbons (Fsp3) is 0.462. The fourth-order valence-electron chi connectivity index (χ4n) is 1.53. The summed E-state index contributed by atoms with van der Waals surface area (Å²) >= 11 is 0. The number of carbonyl (C=O) groups is 1. The first kappa shape index (κ1) is 18.3. The largest absolute Gasteiger partial charge is 0.484 e. The molecule has 22 heavy (non-hydrogen) atoms. The van der Waals surface area contributed by atoms with E-state index in [1.54, 1.807) is 6.92 Å². The van der Waals surface area contributed by atoms with Crippen molar-refractivity contribution in [2.75, 3.05) is 30.5 Å². The van der Waals surface area contributed by atoms with Gasteiger partial charge in [-0.1, -0.05) is 0 Å². The van der Waals surface area contributed by atoms with E-state index in [9.17, 15) is 22.2 Å². The molecule has 124 valence electrons. The van der Waals surface area contributed by atoms with E-state index < -0.39 is 29.6 Å². The average molecular weight is 338 g/mol. The first-order valence-electron chi connectivity index (χ1n) is 6.32. The van der Waals surface area contributed by atoms with Crippen molar-refractivity contribution in [1.29, 1.82) is 0 Å². The van der Waals surface area contributed by atoms with Gasteiger partial charge in [0.25, 0.3) is 0 Å². The van der Waals surface area contributed by atoms with Crippen LogP contribution in [0.15, 0.2) is 18.2 Å². The number of ether oxygens (including phenoxy) is 1. The van der Waals surface area contributed by atoms with E-state index in [0.29, 0.717) is 17.0 Å². The molecule has 2 amide bonds. The quantitative estimate of drug-likeness (QED) is 0.837. The van der Waals surface area contributed by atoms with Gasteiger partial charge in [0.2, 0.25) is 0 Å². The molecule has 0 heterocycles. The third kappa shape index (κ3) is 7.30. The number of benzene rings is 1. The number of nitrogens with one attached hydrogen (secondary N) is 2. The molecular formula is C13H17F3N2O3S. The number of anilines is 1. The predicted molar refractivity (Wildman–Crippen MR) is 78.7 cm³/mol. The minimum atomic E-state index is -4.40. The minimum absolute atomic E-state index is 0.102. The molecule has 0 spiro atoms. The van der Waals surface area contributed by atoms with Crippen molar-refractivity contribution in [2.45, 2.75) is 13.1 Å². The molecule has 0 unspecified atom stereocenters. The molecule has 0 radical (unpaired) electrons. The first-order chi connectivity index (χ1) is 10.2. The Morgan fingerprint density at radius 3 is 2.59 bits per heavy atom. The van der Waals surface area contributed by atoms with Crippen molar-refractivity contribution < 1.29 is 26.9 Å². The maximum absolute atomic E-state index is 12.1. The normalized spacial score (nSPS) is 12.6. The SMILES string of the molecule is Cc1cc(NC(=O)NCC[S@](C)=O)ccc1OCC(F)(F)F. The van der Waals surface area contributed by atoms with Gasteiger partial charge in [0.15, 0.2) is 6.61 Å².